The zero-order chi connectivity index (χ0) is 8.27. The molecule has 67 valence electrons. The standard InChI is InChI=1S/C7H10NO3.V/c9-4-8-6-2-1-5(3-6)7(10)11;/h5-6H,1-3H2,(H,8,9)(H,10,11);/q-1;. The Labute approximate surface area is 82.6 Å². The van der Waals surface area contributed by atoms with Gasteiger partial charge in [0.1, 0.15) is 0 Å². The van der Waals surface area contributed by atoms with Gasteiger partial charge in [-0.3, -0.25) is 4.79 Å². The summed E-state index contributed by atoms with van der Waals surface area (Å²) in [6.45, 7) is 0. The summed E-state index contributed by atoms with van der Waals surface area (Å²) < 4.78 is 0. The van der Waals surface area contributed by atoms with E-state index in [2.05, 4.69) is 5.32 Å². The summed E-state index contributed by atoms with van der Waals surface area (Å²) in [7, 11) is 0. The summed E-state index contributed by atoms with van der Waals surface area (Å²) in [6, 6.07) is 0.0219. The van der Waals surface area contributed by atoms with Crippen LogP contribution in [0.3, 0.4) is 0 Å². The fourth-order valence-corrected chi connectivity index (χ4v) is 1.42. The molecule has 1 rings (SSSR count). The average molecular weight is 207 g/mol. The molecule has 0 aromatic rings. The Morgan fingerprint density at radius 1 is 1.50 bits per heavy atom. The Morgan fingerprint density at radius 2 is 2.17 bits per heavy atom. The molecule has 0 aliphatic heterocycles. The second kappa shape index (κ2) is 5.22. The predicted octanol–water partition coefficient (Wildman–Crippen LogP) is -0.106. The van der Waals surface area contributed by atoms with E-state index in [1.54, 1.807) is 6.41 Å². The van der Waals surface area contributed by atoms with Crippen molar-refractivity contribution in [3.8, 4) is 0 Å². The van der Waals surface area contributed by atoms with Gasteiger partial charge >= 0.3 is 5.97 Å². The number of carbonyl (C=O) groups is 1. The van der Waals surface area contributed by atoms with Crippen molar-refractivity contribution in [3.63, 3.8) is 0 Å². The van der Waals surface area contributed by atoms with Crippen LogP contribution in [0.15, 0.2) is 0 Å². The SMILES string of the molecule is O=[C-]NC1CCC(C(=O)O)C1.[V]. The smallest absolute Gasteiger partial charge is 0.306 e. The van der Waals surface area contributed by atoms with Crippen LogP contribution in [0.2, 0.25) is 0 Å². The third-order valence-corrected chi connectivity index (χ3v) is 2.04. The van der Waals surface area contributed by atoms with E-state index in [9.17, 15) is 9.59 Å². The van der Waals surface area contributed by atoms with E-state index in [4.69, 9.17) is 5.11 Å². The molecule has 1 fully saturated rings. The molecule has 1 aliphatic rings. The first-order valence-corrected chi connectivity index (χ1v) is 3.59. The summed E-state index contributed by atoms with van der Waals surface area (Å²) in [6.07, 6.45) is 3.54. The topological polar surface area (TPSA) is 66.4 Å². The second-order valence-corrected chi connectivity index (χ2v) is 2.79. The molecule has 1 amide bonds. The monoisotopic (exact) mass is 207 g/mol. The molecule has 0 aromatic carbocycles. The Bertz CT molecular complexity index is 174. The number of aliphatic carboxylic acids is 1. The zero-order valence-electron chi connectivity index (χ0n) is 6.49. The largest absolute Gasteiger partial charge is 0.527 e. The van der Waals surface area contributed by atoms with Crippen molar-refractivity contribution in [2.75, 3.05) is 0 Å². The van der Waals surface area contributed by atoms with Crippen molar-refractivity contribution in [3.05, 3.63) is 0 Å². The molecule has 5 heteroatoms. The molecule has 0 saturated heterocycles. The summed E-state index contributed by atoms with van der Waals surface area (Å²) >= 11 is 0. The molecule has 0 bridgehead atoms. The first kappa shape index (κ1) is 11.5. The van der Waals surface area contributed by atoms with E-state index in [1.807, 2.05) is 0 Å². The fourth-order valence-electron chi connectivity index (χ4n) is 1.42. The summed E-state index contributed by atoms with van der Waals surface area (Å²) in [5.41, 5.74) is 0. The number of carbonyl (C=O) groups excluding carboxylic acids is 1. The van der Waals surface area contributed by atoms with Gasteiger partial charge in [0.25, 0.3) is 0 Å². The van der Waals surface area contributed by atoms with Crippen LogP contribution >= 0.6 is 0 Å². The second-order valence-electron chi connectivity index (χ2n) is 2.79. The summed E-state index contributed by atoms with van der Waals surface area (Å²) in [4.78, 5) is 20.3. The molecule has 0 spiro atoms. The van der Waals surface area contributed by atoms with Gasteiger partial charge in [0.15, 0.2) is 0 Å². The predicted molar refractivity (Wildman–Crippen MR) is 37.6 cm³/mol. The maximum atomic E-state index is 10.4. The van der Waals surface area contributed by atoms with Crippen molar-refractivity contribution in [2.45, 2.75) is 25.3 Å². The van der Waals surface area contributed by atoms with E-state index in [0.29, 0.717) is 12.8 Å². The van der Waals surface area contributed by atoms with Crippen molar-refractivity contribution in [2.24, 2.45) is 5.92 Å². The van der Waals surface area contributed by atoms with Gasteiger partial charge < -0.3 is 15.2 Å². The first-order chi connectivity index (χ1) is 5.24. The van der Waals surface area contributed by atoms with Gasteiger partial charge in [0, 0.05) is 18.6 Å². The van der Waals surface area contributed by atoms with Crippen molar-refractivity contribution >= 4 is 12.4 Å². The number of nitrogens with one attached hydrogen (secondary N) is 1. The van der Waals surface area contributed by atoms with Crippen molar-refractivity contribution < 1.29 is 33.3 Å². The molecule has 2 atom stereocenters. The molecule has 2 N–H and O–H groups in total. The minimum absolute atomic E-state index is 0. The Hall–Kier alpha value is -0.476. The third-order valence-electron chi connectivity index (χ3n) is 2.04. The van der Waals surface area contributed by atoms with Crippen LogP contribution in [-0.2, 0) is 28.1 Å². The average Bonchev–Trinajstić information content (AvgIpc) is 2.37. The molecule has 4 nitrogen and oxygen atoms in total. The van der Waals surface area contributed by atoms with Gasteiger partial charge in [-0.2, -0.15) is 6.41 Å². The minimum Gasteiger partial charge on any atom is -0.527 e. The van der Waals surface area contributed by atoms with Crippen LogP contribution in [0, 0.1) is 5.92 Å². The maximum Gasteiger partial charge on any atom is 0.306 e. The maximum absolute atomic E-state index is 10.4. The van der Waals surface area contributed by atoms with E-state index < -0.39 is 5.97 Å². The molecule has 0 heterocycles. The van der Waals surface area contributed by atoms with E-state index in [1.165, 1.54) is 0 Å². The number of amides is 1. The first-order valence-electron chi connectivity index (χ1n) is 3.59. The van der Waals surface area contributed by atoms with Crippen LogP contribution in [0.5, 0.6) is 0 Å². The minimum atomic E-state index is -0.764. The number of hydrogen-bond donors (Lipinski definition) is 2. The van der Waals surface area contributed by atoms with Crippen LogP contribution in [0.4, 0.5) is 0 Å². The fraction of sp³-hybridized carbons (Fsp3) is 0.714. The Morgan fingerprint density at radius 3 is 2.58 bits per heavy atom. The molecule has 1 aliphatic carbocycles. The molecule has 1 saturated carbocycles. The normalized spacial score (nSPS) is 27.3. The van der Waals surface area contributed by atoms with Crippen LogP contribution < -0.4 is 5.32 Å². The van der Waals surface area contributed by atoms with E-state index in [0.717, 1.165) is 6.42 Å². The number of carboxylic acid groups (broad SMARTS) is 1. The van der Waals surface area contributed by atoms with Gasteiger partial charge in [0.05, 0.1) is 5.92 Å². The van der Waals surface area contributed by atoms with Gasteiger partial charge in [-0.25, -0.2) is 0 Å². The van der Waals surface area contributed by atoms with Gasteiger partial charge in [0.2, 0.25) is 0 Å². The Kier molecular flexibility index (Phi) is 5.01. The summed E-state index contributed by atoms with van der Waals surface area (Å²) in [5, 5.41) is 11.0. The van der Waals surface area contributed by atoms with Crippen LogP contribution in [0.25, 0.3) is 0 Å². The molecular weight excluding hydrogens is 197 g/mol. The molecule has 12 heavy (non-hydrogen) atoms. The molecular formula is C7H10NO3V-. The summed E-state index contributed by atoms with van der Waals surface area (Å²) in [5.74, 6) is -1.04. The molecule has 1 radical (unpaired) electrons. The van der Waals surface area contributed by atoms with Crippen molar-refractivity contribution in [1.82, 2.24) is 5.32 Å². The molecule has 0 aromatic heterocycles. The zero-order valence-corrected chi connectivity index (χ0v) is 7.88. The molecule has 2 unspecified atom stereocenters. The van der Waals surface area contributed by atoms with Gasteiger partial charge in [-0.05, 0) is 25.3 Å². The quantitative estimate of drug-likeness (QED) is 0.501. The van der Waals surface area contributed by atoms with Crippen molar-refractivity contribution in [1.29, 1.82) is 0 Å². The van der Waals surface area contributed by atoms with Gasteiger partial charge in [-0.1, -0.05) is 0 Å². The number of carboxylic acids is 1. The Balaban J connectivity index is 0.00000121. The van der Waals surface area contributed by atoms with E-state index in [-0.39, 0.29) is 30.5 Å². The van der Waals surface area contributed by atoms with E-state index >= 15 is 0 Å². The number of hydrogen-bond acceptors (Lipinski definition) is 2. The van der Waals surface area contributed by atoms with Crippen LogP contribution in [0.1, 0.15) is 19.3 Å². The van der Waals surface area contributed by atoms with Gasteiger partial charge in [-0.15, -0.1) is 0 Å². The number of rotatable bonds is 3. The third kappa shape index (κ3) is 2.87. The van der Waals surface area contributed by atoms with Crippen LogP contribution in [-0.4, -0.2) is 23.5 Å².